The van der Waals surface area contributed by atoms with Crippen LogP contribution >= 0.6 is 11.3 Å². The van der Waals surface area contributed by atoms with Gasteiger partial charge in [0, 0.05) is 29.1 Å². The zero-order chi connectivity index (χ0) is 16.9. The van der Waals surface area contributed by atoms with Gasteiger partial charge in [-0.1, -0.05) is 25.5 Å². The highest BCUT2D eigenvalue weighted by atomic mass is 32.1. The molecule has 1 aliphatic rings. The average molecular weight is 342 g/mol. The molecule has 0 radical (unpaired) electrons. The molecule has 1 aromatic heterocycles. The molecule has 0 aliphatic carbocycles. The maximum absolute atomic E-state index is 12.7. The first-order valence-corrected chi connectivity index (χ1v) is 9.31. The second kappa shape index (κ2) is 7.62. The zero-order valence-corrected chi connectivity index (χ0v) is 14.6. The molecular formula is C19H22N2O2S. The summed E-state index contributed by atoms with van der Waals surface area (Å²) in [7, 11) is 0. The van der Waals surface area contributed by atoms with Crippen LogP contribution in [0, 0.1) is 0 Å². The van der Waals surface area contributed by atoms with Gasteiger partial charge in [0.15, 0.2) is 0 Å². The van der Waals surface area contributed by atoms with Crippen molar-refractivity contribution in [3.05, 3.63) is 52.2 Å². The Morgan fingerprint density at radius 3 is 2.88 bits per heavy atom. The first-order chi connectivity index (χ1) is 11.7. The van der Waals surface area contributed by atoms with Gasteiger partial charge in [-0.3, -0.25) is 9.59 Å². The van der Waals surface area contributed by atoms with Crippen molar-refractivity contribution in [2.24, 2.45) is 0 Å². The summed E-state index contributed by atoms with van der Waals surface area (Å²) in [4.78, 5) is 27.5. The van der Waals surface area contributed by atoms with E-state index in [1.165, 1.54) is 4.88 Å². The Bertz CT molecular complexity index is 712. The van der Waals surface area contributed by atoms with Crippen LogP contribution in [-0.2, 0) is 4.79 Å². The highest BCUT2D eigenvalue weighted by Crippen LogP contribution is 2.25. The van der Waals surface area contributed by atoms with E-state index in [1.54, 1.807) is 22.3 Å². The largest absolute Gasteiger partial charge is 0.344 e. The molecule has 2 amide bonds. The van der Waals surface area contributed by atoms with Crippen molar-refractivity contribution in [3.8, 4) is 0 Å². The van der Waals surface area contributed by atoms with E-state index in [-0.39, 0.29) is 17.9 Å². The molecule has 1 aromatic carbocycles. The molecule has 2 aromatic rings. The van der Waals surface area contributed by atoms with E-state index in [0.717, 1.165) is 31.5 Å². The van der Waals surface area contributed by atoms with Gasteiger partial charge < -0.3 is 10.2 Å². The van der Waals surface area contributed by atoms with Crippen molar-refractivity contribution in [1.29, 1.82) is 0 Å². The third-order valence-electron chi connectivity index (χ3n) is 4.26. The Morgan fingerprint density at radius 1 is 1.33 bits per heavy atom. The second-order valence-electron chi connectivity index (χ2n) is 6.03. The van der Waals surface area contributed by atoms with Gasteiger partial charge in [0.1, 0.15) is 0 Å². The summed E-state index contributed by atoms with van der Waals surface area (Å²) in [6.07, 6.45) is 3.39. The summed E-state index contributed by atoms with van der Waals surface area (Å²) in [5.41, 5.74) is 1.41. The van der Waals surface area contributed by atoms with Gasteiger partial charge in [0.25, 0.3) is 5.91 Å². The predicted octanol–water partition coefficient (Wildman–Crippen LogP) is 4.15. The number of hydrogen-bond acceptors (Lipinski definition) is 3. The fourth-order valence-electron chi connectivity index (χ4n) is 3.04. The molecule has 126 valence electrons. The molecule has 0 saturated carbocycles. The highest BCUT2D eigenvalue weighted by molar-refractivity contribution is 7.10. The Labute approximate surface area is 146 Å². The fraction of sp³-hybridized carbons (Fsp3) is 0.368. The van der Waals surface area contributed by atoms with Crippen LogP contribution < -0.4 is 10.2 Å². The number of benzene rings is 1. The van der Waals surface area contributed by atoms with Crippen molar-refractivity contribution in [3.63, 3.8) is 0 Å². The topological polar surface area (TPSA) is 49.4 Å². The first kappa shape index (κ1) is 16.7. The van der Waals surface area contributed by atoms with E-state index in [0.29, 0.717) is 12.0 Å². The van der Waals surface area contributed by atoms with Crippen LogP contribution in [0.15, 0.2) is 41.8 Å². The lowest BCUT2D eigenvalue weighted by molar-refractivity contribution is -0.117. The van der Waals surface area contributed by atoms with Crippen molar-refractivity contribution < 1.29 is 9.59 Å². The molecule has 4 nitrogen and oxygen atoms in total. The Morgan fingerprint density at radius 2 is 2.21 bits per heavy atom. The lowest BCUT2D eigenvalue weighted by atomic mass is 10.1. The fourth-order valence-corrected chi connectivity index (χ4v) is 3.85. The Hall–Kier alpha value is -2.14. The van der Waals surface area contributed by atoms with Crippen molar-refractivity contribution in [2.45, 2.75) is 38.6 Å². The summed E-state index contributed by atoms with van der Waals surface area (Å²) >= 11 is 1.66. The quantitative estimate of drug-likeness (QED) is 0.857. The smallest absolute Gasteiger partial charge is 0.251 e. The van der Waals surface area contributed by atoms with Crippen LogP contribution in [0.25, 0.3) is 0 Å². The monoisotopic (exact) mass is 342 g/mol. The predicted molar refractivity (Wildman–Crippen MR) is 97.5 cm³/mol. The van der Waals surface area contributed by atoms with Gasteiger partial charge in [-0.2, -0.15) is 0 Å². The highest BCUT2D eigenvalue weighted by Gasteiger charge is 2.23. The second-order valence-corrected chi connectivity index (χ2v) is 7.01. The van der Waals surface area contributed by atoms with Crippen molar-refractivity contribution >= 4 is 28.8 Å². The average Bonchev–Trinajstić information content (AvgIpc) is 3.26. The zero-order valence-electron chi connectivity index (χ0n) is 13.8. The first-order valence-electron chi connectivity index (χ1n) is 8.43. The van der Waals surface area contributed by atoms with Crippen molar-refractivity contribution in [2.75, 3.05) is 11.4 Å². The number of nitrogens with zero attached hydrogens (tertiary/aromatic N) is 1. The third-order valence-corrected chi connectivity index (χ3v) is 5.25. The molecule has 1 saturated heterocycles. The van der Waals surface area contributed by atoms with Gasteiger partial charge in [0.05, 0.1) is 6.04 Å². The van der Waals surface area contributed by atoms with E-state index >= 15 is 0 Å². The maximum atomic E-state index is 12.7. The lowest BCUT2D eigenvalue weighted by Gasteiger charge is -2.19. The van der Waals surface area contributed by atoms with E-state index in [9.17, 15) is 9.59 Å². The number of hydrogen-bond donors (Lipinski definition) is 1. The minimum Gasteiger partial charge on any atom is -0.344 e. The minimum absolute atomic E-state index is 0.0413. The molecule has 0 spiro atoms. The number of rotatable bonds is 6. The number of amides is 2. The normalized spacial score (nSPS) is 15.5. The summed E-state index contributed by atoms with van der Waals surface area (Å²) < 4.78 is 0. The maximum Gasteiger partial charge on any atom is 0.251 e. The van der Waals surface area contributed by atoms with Gasteiger partial charge >= 0.3 is 0 Å². The molecule has 24 heavy (non-hydrogen) atoms. The molecule has 1 unspecified atom stereocenters. The number of nitrogens with one attached hydrogen (secondary N) is 1. The van der Waals surface area contributed by atoms with E-state index in [1.807, 2.05) is 29.6 Å². The van der Waals surface area contributed by atoms with Crippen LogP contribution in [-0.4, -0.2) is 18.4 Å². The van der Waals surface area contributed by atoms with Crippen LogP contribution in [0.2, 0.25) is 0 Å². The molecule has 1 N–H and O–H groups in total. The molecular weight excluding hydrogens is 320 g/mol. The van der Waals surface area contributed by atoms with E-state index in [4.69, 9.17) is 0 Å². The van der Waals surface area contributed by atoms with Crippen molar-refractivity contribution in [1.82, 2.24) is 5.32 Å². The summed E-state index contributed by atoms with van der Waals surface area (Å²) in [5.74, 6) is 0.0466. The lowest BCUT2D eigenvalue weighted by Crippen LogP contribution is -2.28. The number of thiophene rings is 1. The van der Waals surface area contributed by atoms with Gasteiger partial charge in [-0.05, 0) is 42.5 Å². The van der Waals surface area contributed by atoms with Crippen LogP contribution in [0.4, 0.5) is 5.69 Å². The SMILES string of the molecule is CCCC(NC(=O)c1cccc(N2CCCC2=O)c1)c1cccs1. The van der Waals surface area contributed by atoms with E-state index in [2.05, 4.69) is 18.3 Å². The van der Waals surface area contributed by atoms with Crippen LogP contribution in [0.3, 0.4) is 0 Å². The molecule has 2 heterocycles. The standard InChI is InChI=1S/C19H22N2O2S/c1-2-6-16(17-9-5-12-24-17)20-19(23)14-7-3-8-15(13-14)21-11-4-10-18(21)22/h3,5,7-9,12-13,16H,2,4,6,10-11H2,1H3,(H,20,23). The minimum atomic E-state index is -0.0876. The Balaban J connectivity index is 1.75. The molecule has 1 fully saturated rings. The number of carbonyl (C=O) groups is 2. The number of carbonyl (C=O) groups excluding carboxylic acids is 2. The molecule has 1 atom stereocenters. The van der Waals surface area contributed by atoms with Crippen LogP contribution in [0.1, 0.15) is 53.9 Å². The molecule has 5 heteroatoms. The summed E-state index contributed by atoms with van der Waals surface area (Å²) in [5, 5.41) is 5.17. The third kappa shape index (κ3) is 3.67. The molecule has 1 aliphatic heterocycles. The molecule has 0 bridgehead atoms. The number of anilines is 1. The van der Waals surface area contributed by atoms with Gasteiger partial charge in [0.2, 0.25) is 5.91 Å². The Kier molecular flexibility index (Phi) is 5.30. The summed E-state index contributed by atoms with van der Waals surface area (Å²) in [6.45, 7) is 2.85. The van der Waals surface area contributed by atoms with Crippen LogP contribution in [0.5, 0.6) is 0 Å². The van der Waals surface area contributed by atoms with Gasteiger partial charge in [-0.15, -0.1) is 11.3 Å². The molecule has 3 rings (SSSR count). The summed E-state index contributed by atoms with van der Waals surface area (Å²) in [6, 6.07) is 11.5. The van der Waals surface area contributed by atoms with E-state index < -0.39 is 0 Å². The van der Waals surface area contributed by atoms with Gasteiger partial charge in [-0.25, -0.2) is 0 Å².